The van der Waals surface area contributed by atoms with Crippen LogP contribution in [0.4, 0.5) is 41.2 Å². The van der Waals surface area contributed by atoms with E-state index in [0.29, 0.717) is 50.3 Å². The number of rotatable bonds is 8. The van der Waals surface area contributed by atoms with Crippen molar-refractivity contribution in [2.24, 2.45) is 11.7 Å². The second kappa shape index (κ2) is 12.4. The van der Waals surface area contributed by atoms with Gasteiger partial charge in [-0.15, -0.1) is 0 Å². The van der Waals surface area contributed by atoms with Gasteiger partial charge in [0.1, 0.15) is 5.82 Å². The quantitative estimate of drug-likeness (QED) is 0.279. The van der Waals surface area contributed by atoms with E-state index in [-0.39, 0.29) is 11.6 Å². The normalized spacial score (nSPS) is 18.7. The van der Waals surface area contributed by atoms with Crippen LogP contribution >= 0.6 is 0 Å². The summed E-state index contributed by atoms with van der Waals surface area (Å²) in [6.45, 7) is 1.94. The molecule has 0 radical (unpaired) electrons. The number of anilines is 1. The number of nitrogens with two attached hydrogens (primary N) is 1. The van der Waals surface area contributed by atoms with Gasteiger partial charge >= 0.3 is 18.4 Å². The van der Waals surface area contributed by atoms with Gasteiger partial charge in [0.2, 0.25) is 0 Å². The van der Waals surface area contributed by atoms with E-state index in [1.54, 1.807) is 6.07 Å². The molecule has 1 saturated carbocycles. The van der Waals surface area contributed by atoms with Crippen molar-refractivity contribution in [2.45, 2.75) is 75.0 Å². The van der Waals surface area contributed by atoms with Crippen LogP contribution in [0.3, 0.4) is 0 Å². The summed E-state index contributed by atoms with van der Waals surface area (Å²) >= 11 is 0. The number of aliphatic hydroxyl groups is 1. The number of urea groups is 1. The van der Waals surface area contributed by atoms with E-state index in [1.165, 1.54) is 12.1 Å². The van der Waals surface area contributed by atoms with Gasteiger partial charge < -0.3 is 21.5 Å². The van der Waals surface area contributed by atoms with Crippen LogP contribution in [0.25, 0.3) is 0 Å². The summed E-state index contributed by atoms with van der Waals surface area (Å²) in [5, 5.41) is 14.8. The van der Waals surface area contributed by atoms with E-state index in [2.05, 4.69) is 10.6 Å². The van der Waals surface area contributed by atoms with Crippen molar-refractivity contribution in [1.82, 2.24) is 10.2 Å². The Kier molecular flexibility index (Phi) is 9.43. The molecule has 5 N–H and O–H groups in total. The minimum atomic E-state index is -5.92. The van der Waals surface area contributed by atoms with E-state index in [0.717, 1.165) is 56.2 Å². The van der Waals surface area contributed by atoms with Gasteiger partial charge in [0.25, 0.3) is 5.60 Å². The number of likely N-dealkylation sites (tertiary alicyclic amines) is 1. The number of carbonyl (C=O) groups is 1. The summed E-state index contributed by atoms with van der Waals surface area (Å²) < 4.78 is 93.4. The van der Waals surface area contributed by atoms with Crippen LogP contribution in [-0.2, 0) is 18.6 Å². The van der Waals surface area contributed by atoms with Gasteiger partial charge in [0.15, 0.2) is 0 Å². The Labute approximate surface area is 239 Å². The molecule has 0 aromatic heterocycles. The van der Waals surface area contributed by atoms with E-state index in [4.69, 9.17) is 5.73 Å². The predicted molar refractivity (Wildman–Crippen MR) is 143 cm³/mol. The third kappa shape index (κ3) is 7.35. The fourth-order valence-corrected chi connectivity index (χ4v) is 5.75. The lowest BCUT2D eigenvalue weighted by Crippen LogP contribution is -2.53. The van der Waals surface area contributed by atoms with Crippen molar-refractivity contribution in [3.63, 3.8) is 0 Å². The molecule has 6 nitrogen and oxygen atoms in total. The minimum absolute atomic E-state index is 0.0680. The lowest BCUT2D eigenvalue weighted by atomic mass is 9.89. The molecule has 1 heterocycles. The second-order valence-corrected chi connectivity index (χ2v) is 11.5. The van der Waals surface area contributed by atoms with Crippen molar-refractivity contribution in [3.8, 4) is 0 Å². The topological polar surface area (TPSA) is 90.6 Å². The summed E-state index contributed by atoms with van der Waals surface area (Å²) in [5.41, 5.74) is 0.953. The Morgan fingerprint density at radius 1 is 0.952 bits per heavy atom. The predicted octanol–water partition coefficient (Wildman–Crippen LogP) is 5.99. The molecule has 1 aliphatic heterocycles. The smallest absolute Gasteiger partial charge is 0.369 e. The SMILES string of the molecule is NC1(CNC(=O)Nc2ccc(CC3CCN(Cc4ccc(C(O)(C(F)(F)F)C(F)(F)F)cc4)CC3)cc2F)CCCC1. The van der Waals surface area contributed by atoms with Crippen LogP contribution in [0.1, 0.15) is 55.2 Å². The number of nitrogens with zero attached hydrogens (tertiary/aromatic N) is 1. The maximum Gasteiger partial charge on any atom is 0.430 e. The third-order valence-electron chi connectivity index (χ3n) is 8.31. The van der Waals surface area contributed by atoms with Gasteiger partial charge in [0.05, 0.1) is 5.69 Å². The number of benzene rings is 2. The number of amides is 2. The van der Waals surface area contributed by atoms with E-state index in [1.807, 2.05) is 4.90 Å². The molecule has 42 heavy (non-hydrogen) atoms. The first-order valence-corrected chi connectivity index (χ1v) is 13.9. The lowest BCUT2D eigenvalue weighted by Gasteiger charge is -2.33. The number of carbonyl (C=O) groups excluding carboxylic acids is 1. The summed E-state index contributed by atoms with van der Waals surface area (Å²) in [6, 6.07) is 7.79. The number of alkyl halides is 6. The molecular weight excluding hydrogens is 569 g/mol. The monoisotopic (exact) mass is 604 g/mol. The first-order valence-electron chi connectivity index (χ1n) is 13.9. The van der Waals surface area contributed by atoms with Crippen molar-refractivity contribution in [3.05, 3.63) is 65.0 Å². The number of piperidine rings is 1. The molecule has 1 aliphatic carbocycles. The van der Waals surface area contributed by atoms with Crippen LogP contribution < -0.4 is 16.4 Å². The maximum atomic E-state index is 14.7. The van der Waals surface area contributed by atoms with Crippen molar-refractivity contribution < 1.29 is 40.6 Å². The Balaban J connectivity index is 1.25. The largest absolute Gasteiger partial charge is 0.430 e. The van der Waals surface area contributed by atoms with Crippen LogP contribution in [0.15, 0.2) is 42.5 Å². The standard InChI is InChI=1S/C29H35F7N4O2/c30-23-16-21(5-8-24(23)39-25(41)38-18-26(37)11-1-2-12-26)15-19-9-13-40(14-10-19)17-20-3-6-22(7-4-20)27(42,28(31,32)33)29(34,35)36/h3-8,16,19,42H,1-2,9-15,17-18,37H2,(H2,38,39,41). The molecule has 0 spiro atoms. The molecule has 2 fully saturated rings. The molecule has 0 atom stereocenters. The Morgan fingerprint density at radius 2 is 1.52 bits per heavy atom. The van der Waals surface area contributed by atoms with Gasteiger partial charge in [0, 0.05) is 24.2 Å². The van der Waals surface area contributed by atoms with Crippen LogP contribution in [0, 0.1) is 11.7 Å². The molecule has 4 rings (SSSR count). The van der Waals surface area contributed by atoms with Crippen LogP contribution in [0.5, 0.6) is 0 Å². The highest BCUT2D eigenvalue weighted by molar-refractivity contribution is 5.89. The first kappa shape index (κ1) is 32.0. The van der Waals surface area contributed by atoms with E-state index in [9.17, 15) is 40.6 Å². The van der Waals surface area contributed by atoms with E-state index >= 15 is 0 Å². The highest BCUT2D eigenvalue weighted by Crippen LogP contribution is 2.50. The molecule has 13 heteroatoms. The van der Waals surface area contributed by atoms with E-state index < -0.39 is 40.9 Å². The number of nitrogens with one attached hydrogen (secondary N) is 2. The fourth-order valence-electron chi connectivity index (χ4n) is 5.75. The summed E-state index contributed by atoms with van der Waals surface area (Å²) in [6.07, 6.45) is -5.97. The zero-order valence-corrected chi connectivity index (χ0v) is 22.9. The Hall–Kier alpha value is -2.90. The second-order valence-electron chi connectivity index (χ2n) is 11.5. The molecule has 2 aromatic carbocycles. The average Bonchev–Trinajstić information content (AvgIpc) is 3.35. The Morgan fingerprint density at radius 3 is 2.07 bits per heavy atom. The first-order chi connectivity index (χ1) is 19.6. The molecule has 2 amide bonds. The number of halogens is 7. The summed E-state index contributed by atoms with van der Waals surface area (Å²) in [7, 11) is 0. The molecule has 1 saturated heterocycles. The number of hydrogen-bond acceptors (Lipinski definition) is 4. The summed E-state index contributed by atoms with van der Waals surface area (Å²) in [4.78, 5) is 14.3. The van der Waals surface area contributed by atoms with Crippen molar-refractivity contribution >= 4 is 11.7 Å². The maximum absolute atomic E-state index is 14.7. The highest BCUT2D eigenvalue weighted by atomic mass is 19.4. The molecule has 0 bridgehead atoms. The fraction of sp³-hybridized carbons (Fsp3) is 0.552. The van der Waals surface area contributed by atoms with Gasteiger partial charge in [-0.05, 0) is 74.4 Å². The third-order valence-corrected chi connectivity index (χ3v) is 8.31. The van der Waals surface area contributed by atoms with Crippen LogP contribution in [-0.4, -0.2) is 53.6 Å². The Bertz CT molecular complexity index is 1210. The molecule has 232 valence electrons. The number of hydrogen-bond donors (Lipinski definition) is 4. The van der Waals surface area contributed by atoms with Gasteiger partial charge in [-0.25, -0.2) is 9.18 Å². The van der Waals surface area contributed by atoms with Crippen LogP contribution in [0.2, 0.25) is 0 Å². The average molecular weight is 605 g/mol. The van der Waals surface area contributed by atoms with Gasteiger partial charge in [-0.2, -0.15) is 26.3 Å². The van der Waals surface area contributed by atoms with Gasteiger partial charge in [-0.3, -0.25) is 4.90 Å². The van der Waals surface area contributed by atoms with Crippen molar-refractivity contribution in [2.75, 3.05) is 25.0 Å². The van der Waals surface area contributed by atoms with Gasteiger partial charge in [-0.1, -0.05) is 43.2 Å². The summed E-state index contributed by atoms with van der Waals surface area (Å²) in [5.74, 6) is -0.291. The molecular formula is C29H35F7N4O2. The minimum Gasteiger partial charge on any atom is -0.369 e. The molecule has 0 unspecified atom stereocenters. The zero-order chi connectivity index (χ0) is 30.8. The van der Waals surface area contributed by atoms with Crippen molar-refractivity contribution in [1.29, 1.82) is 0 Å². The lowest BCUT2D eigenvalue weighted by molar-refractivity contribution is -0.376. The zero-order valence-electron chi connectivity index (χ0n) is 22.9. The highest BCUT2D eigenvalue weighted by Gasteiger charge is 2.71. The molecule has 2 aliphatic rings. The molecule has 2 aromatic rings.